The Morgan fingerprint density at radius 2 is 1.81 bits per heavy atom. The minimum Gasteiger partial charge on any atom is -0.298 e. The second-order valence-corrected chi connectivity index (χ2v) is 5.33. The highest BCUT2D eigenvalue weighted by atomic mass is 16.1. The average molecular weight is 226 g/mol. The molecule has 1 heterocycles. The van der Waals surface area contributed by atoms with Crippen molar-refractivity contribution in [2.45, 2.75) is 46.2 Å². The van der Waals surface area contributed by atoms with E-state index in [1.807, 2.05) is 6.92 Å². The molecule has 0 aromatic rings. The van der Waals surface area contributed by atoms with E-state index in [0.29, 0.717) is 24.4 Å². The number of Topliss-reactive ketones (excluding diaryl/α,β-unsaturated/α-hetero) is 1. The van der Waals surface area contributed by atoms with Gasteiger partial charge < -0.3 is 0 Å². The Balaban J connectivity index is 2.47. The third-order valence-corrected chi connectivity index (χ3v) is 3.98. The molecule has 0 N–H and O–H groups in total. The second kappa shape index (κ2) is 5.78. The summed E-state index contributed by atoms with van der Waals surface area (Å²) in [5.74, 6) is 0.608. The van der Waals surface area contributed by atoms with Crippen LogP contribution in [0.2, 0.25) is 0 Å². The van der Waals surface area contributed by atoms with Crippen LogP contribution in [0.5, 0.6) is 0 Å². The van der Waals surface area contributed by atoms with Crippen LogP contribution in [-0.4, -0.2) is 54.3 Å². The molecule has 1 saturated heterocycles. The van der Waals surface area contributed by atoms with Gasteiger partial charge in [-0.1, -0.05) is 13.8 Å². The van der Waals surface area contributed by atoms with Crippen molar-refractivity contribution in [1.82, 2.24) is 9.80 Å². The van der Waals surface area contributed by atoms with Crippen LogP contribution in [0, 0.1) is 5.92 Å². The Morgan fingerprint density at radius 3 is 2.25 bits per heavy atom. The number of hydrogen-bond acceptors (Lipinski definition) is 3. The van der Waals surface area contributed by atoms with Gasteiger partial charge in [0.25, 0.3) is 0 Å². The van der Waals surface area contributed by atoms with E-state index in [4.69, 9.17) is 0 Å². The van der Waals surface area contributed by atoms with Gasteiger partial charge in [-0.15, -0.1) is 0 Å². The van der Waals surface area contributed by atoms with Crippen molar-refractivity contribution in [3.05, 3.63) is 0 Å². The van der Waals surface area contributed by atoms with Gasteiger partial charge in [0.1, 0.15) is 5.78 Å². The van der Waals surface area contributed by atoms with Crippen LogP contribution in [0.15, 0.2) is 0 Å². The molecule has 0 amide bonds. The molecule has 0 radical (unpaired) electrons. The number of ketones is 1. The maximum absolute atomic E-state index is 11.9. The summed E-state index contributed by atoms with van der Waals surface area (Å²) in [6.07, 6.45) is 0.956. The fraction of sp³-hybridized carbons (Fsp3) is 0.923. The Morgan fingerprint density at radius 1 is 1.31 bits per heavy atom. The van der Waals surface area contributed by atoms with Gasteiger partial charge in [0, 0.05) is 31.1 Å². The molecule has 1 aliphatic heterocycles. The molecule has 16 heavy (non-hydrogen) atoms. The van der Waals surface area contributed by atoms with Gasteiger partial charge in [-0.3, -0.25) is 14.6 Å². The lowest BCUT2D eigenvalue weighted by Crippen LogP contribution is -2.56. The van der Waals surface area contributed by atoms with Gasteiger partial charge in [0.15, 0.2) is 0 Å². The topological polar surface area (TPSA) is 23.6 Å². The highest BCUT2D eigenvalue weighted by Crippen LogP contribution is 2.14. The number of piperazine rings is 1. The van der Waals surface area contributed by atoms with Crippen LogP contribution in [-0.2, 0) is 4.79 Å². The summed E-state index contributed by atoms with van der Waals surface area (Å²) in [7, 11) is 2.17. The number of carbonyl (C=O) groups is 1. The lowest BCUT2D eigenvalue weighted by molar-refractivity contribution is -0.124. The van der Waals surface area contributed by atoms with Crippen molar-refractivity contribution in [2.24, 2.45) is 5.92 Å². The minimum absolute atomic E-state index is 0.213. The number of carbonyl (C=O) groups excluding carboxylic acids is 1. The van der Waals surface area contributed by atoms with Crippen LogP contribution in [0.25, 0.3) is 0 Å². The normalized spacial score (nSPS) is 30.3. The largest absolute Gasteiger partial charge is 0.298 e. The van der Waals surface area contributed by atoms with Crippen molar-refractivity contribution >= 4 is 5.78 Å². The van der Waals surface area contributed by atoms with Gasteiger partial charge in [-0.2, -0.15) is 0 Å². The van der Waals surface area contributed by atoms with E-state index in [-0.39, 0.29) is 5.92 Å². The highest BCUT2D eigenvalue weighted by Gasteiger charge is 2.27. The highest BCUT2D eigenvalue weighted by molar-refractivity contribution is 5.82. The minimum atomic E-state index is 0.213. The van der Waals surface area contributed by atoms with Gasteiger partial charge in [-0.05, 0) is 27.3 Å². The van der Waals surface area contributed by atoms with Gasteiger partial charge in [0.2, 0.25) is 0 Å². The molecule has 1 aliphatic rings. The zero-order valence-electron chi connectivity index (χ0n) is 11.4. The average Bonchev–Trinajstić information content (AvgIpc) is 2.24. The van der Waals surface area contributed by atoms with Crippen molar-refractivity contribution in [3.8, 4) is 0 Å². The van der Waals surface area contributed by atoms with E-state index in [1.165, 1.54) is 0 Å². The van der Waals surface area contributed by atoms with E-state index >= 15 is 0 Å². The van der Waals surface area contributed by atoms with E-state index < -0.39 is 0 Å². The maximum Gasteiger partial charge on any atom is 0.149 e. The molecule has 3 heteroatoms. The predicted molar refractivity (Wildman–Crippen MR) is 67.6 cm³/mol. The molecule has 1 fully saturated rings. The van der Waals surface area contributed by atoms with Crippen molar-refractivity contribution in [2.75, 3.05) is 26.7 Å². The monoisotopic (exact) mass is 226 g/mol. The summed E-state index contributed by atoms with van der Waals surface area (Å²) < 4.78 is 0. The van der Waals surface area contributed by atoms with Crippen LogP contribution in [0.3, 0.4) is 0 Å². The molecule has 0 aliphatic carbocycles. The summed E-state index contributed by atoms with van der Waals surface area (Å²) >= 11 is 0. The Bertz CT molecular complexity index is 230. The summed E-state index contributed by atoms with van der Waals surface area (Å²) in [6, 6.07) is 1.10. The Kier molecular flexibility index (Phi) is 4.93. The first-order valence-electron chi connectivity index (χ1n) is 6.42. The molecule has 3 unspecified atom stereocenters. The molecule has 1 rings (SSSR count). The van der Waals surface area contributed by atoms with E-state index in [9.17, 15) is 4.79 Å². The summed E-state index contributed by atoms with van der Waals surface area (Å²) in [6.45, 7) is 11.2. The number of likely N-dealkylation sites (N-methyl/N-ethyl adjacent to an activating group) is 1. The zero-order chi connectivity index (χ0) is 12.3. The Hall–Kier alpha value is -0.410. The van der Waals surface area contributed by atoms with Crippen molar-refractivity contribution in [1.29, 1.82) is 0 Å². The summed E-state index contributed by atoms with van der Waals surface area (Å²) in [5.41, 5.74) is 0. The van der Waals surface area contributed by atoms with E-state index in [1.54, 1.807) is 0 Å². The molecule has 3 nitrogen and oxygen atoms in total. The summed E-state index contributed by atoms with van der Waals surface area (Å²) in [5, 5.41) is 0. The lowest BCUT2D eigenvalue weighted by Gasteiger charge is -2.42. The Labute approximate surface area is 99.8 Å². The predicted octanol–water partition coefficient (Wildman–Crippen LogP) is 1.63. The SMILES string of the molecule is CCC(C)C(=O)CN1CC(C)N(C)C(C)C1. The fourth-order valence-corrected chi connectivity index (χ4v) is 2.25. The quantitative estimate of drug-likeness (QED) is 0.728. The van der Waals surface area contributed by atoms with Gasteiger partial charge >= 0.3 is 0 Å². The maximum atomic E-state index is 11.9. The lowest BCUT2D eigenvalue weighted by atomic mass is 10.0. The third-order valence-electron chi connectivity index (χ3n) is 3.98. The molecule has 0 aromatic carbocycles. The number of hydrogen-bond donors (Lipinski definition) is 0. The molecule has 0 bridgehead atoms. The van der Waals surface area contributed by atoms with E-state index in [0.717, 1.165) is 19.5 Å². The number of rotatable bonds is 4. The third kappa shape index (κ3) is 3.29. The molecule has 0 saturated carbocycles. The number of nitrogens with zero attached hydrogens (tertiary/aromatic N) is 2. The molecular formula is C13H26N2O. The van der Waals surface area contributed by atoms with Crippen LogP contribution >= 0.6 is 0 Å². The van der Waals surface area contributed by atoms with Crippen molar-refractivity contribution < 1.29 is 4.79 Å². The molecule has 94 valence electrons. The van der Waals surface area contributed by atoms with Crippen LogP contribution in [0.4, 0.5) is 0 Å². The molecular weight excluding hydrogens is 200 g/mol. The van der Waals surface area contributed by atoms with Gasteiger partial charge in [-0.25, -0.2) is 0 Å². The van der Waals surface area contributed by atoms with Crippen LogP contribution in [0.1, 0.15) is 34.1 Å². The zero-order valence-corrected chi connectivity index (χ0v) is 11.4. The first-order valence-corrected chi connectivity index (χ1v) is 6.42. The first-order chi connectivity index (χ1) is 7.45. The molecule has 0 spiro atoms. The summed E-state index contributed by atoms with van der Waals surface area (Å²) in [4.78, 5) is 16.6. The van der Waals surface area contributed by atoms with E-state index in [2.05, 4.69) is 37.6 Å². The van der Waals surface area contributed by atoms with Gasteiger partial charge in [0.05, 0.1) is 6.54 Å². The smallest absolute Gasteiger partial charge is 0.149 e. The first kappa shape index (κ1) is 13.7. The standard InChI is InChI=1S/C13H26N2O/c1-6-10(2)13(16)9-15-7-11(3)14(5)12(4)8-15/h10-12H,6-9H2,1-5H3. The second-order valence-electron chi connectivity index (χ2n) is 5.33. The molecule has 0 aromatic heterocycles. The fourth-order valence-electron chi connectivity index (χ4n) is 2.25. The molecule has 3 atom stereocenters. The van der Waals surface area contributed by atoms with Crippen molar-refractivity contribution in [3.63, 3.8) is 0 Å². The van der Waals surface area contributed by atoms with Crippen LogP contribution < -0.4 is 0 Å².